The number of nitrogens with two attached hydrogens (primary N) is 1. The van der Waals surface area contributed by atoms with Crippen molar-refractivity contribution < 1.29 is 9.13 Å². The van der Waals surface area contributed by atoms with E-state index in [-0.39, 0.29) is 5.82 Å². The van der Waals surface area contributed by atoms with Crippen LogP contribution in [0.25, 0.3) is 0 Å². The van der Waals surface area contributed by atoms with E-state index in [0.29, 0.717) is 18.5 Å². The maximum Gasteiger partial charge on any atom is 0.127 e. The minimum Gasteiger partial charge on any atom is -0.497 e. The monoisotopic (exact) mass is 277 g/mol. The van der Waals surface area contributed by atoms with E-state index in [1.807, 2.05) is 30.3 Å². The molecule has 2 nitrogen and oxygen atoms in total. The number of benzene rings is 2. The molecule has 2 aromatic rings. The highest BCUT2D eigenvalue weighted by molar-refractivity contribution is 7.99. The molecule has 0 bridgehead atoms. The Morgan fingerprint density at radius 2 is 2.00 bits per heavy atom. The zero-order valence-corrected chi connectivity index (χ0v) is 11.5. The summed E-state index contributed by atoms with van der Waals surface area (Å²) in [5.41, 5.74) is 6.22. The molecule has 0 spiro atoms. The lowest BCUT2D eigenvalue weighted by atomic mass is 10.1. The van der Waals surface area contributed by atoms with Gasteiger partial charge in [0.05, 0.1) is 7.11 Å². The van der Waals surface area contributed by atoms with Gasteiger partial charge < -0.3 is 10.5 Å². The molecule has 19 heavy (non-hydrogen) atoms. The first-order chi connectivity index (χ1) is 9.24. The van der Waals surface area contributed by atoms with Gasteiger partial charge in [-0.15, -0.1) is 0 Å². The van der Waals surface area contributed by atoms with Gasteiger partial charge in [-0.2, -0.15) is 0 Å². The van der Waals surface area contributed by atoms with E-state index in [9.17, 15) is 4.39 Å². The molecule has 2 rings (SSSR count). The second-order valence-electron chi connectivity index (χ2n) is 4.04. The number of ether oxygens (including phenoxy) is 1. The maximum absolute atomic E-state index is 13.8. The molecular formula is C15H16FNOS. The smallest absolute Gasteiger partial charge is 0.127 e. The number of methoxy groups -OCH3 is 1. The first kappa shape index (κ1) is 13.9. The molecule has 0 saturated carbocycles. The molecule has 2 aromatic carbocycles. The Morgan fingerprint density at radius 3 is 2.74 bits per heavy atom. The fraction of sp³-hybridized carbons (Fsp3) is 0.200. The van der Waals surface area contributed by atoms with Crippen molar-refractivity contribution in [2.75, 3.05) is 13.7 Å². The van der Waals surface area contributed by atoms with Crippen LogP contribution in [0, 0.1) is 5.82 Å². The number of rotatable bonds is 5. The van der Waals surface area contributed by atoms with Crippen LogP contribution in [0.2, 0.25) is 0 Å². The Balaban J connectivity index is 2.29. The van der Waals surface area contributed by atoms with Gasteiger partial charge in [-0.3, -0.25) is 0 Å². The largest absolute Gasteiger partial charge is 0.497 e. The van der Waals surface area contributed by atoms with E-state index in [1.165, 1.54) is 17.8 Å². The van der Waals surface area contributed by atoms with Crippen molar-refractivity contribution in [3.8, 4) is 5.75 Å². The summed E-state index contributed by atoms with van der Waals surface area (Å²) in [4.78, 5) is 1.92. The summed E-state index contributed by atoms with van der Waals surface area (Å²) in [6, 6.07) is 12.8. The quantitative estimate of drug-likeness (QED) is 0.908. The van der Waals surface area contributed by atoms with Gasteiger partial charge >= 0.3 is 0 Å². The van der Waals surface area contributed by atoms with Gasteiger partial charge in [0.2, 0.25) is 0 Å². The zero-order chi connectivity index (χ0) is 13.7. The van der Waals surface area contributed by atoms with Crippen LogP contribution in [0.15, 0.2) is 52.3 Å². The Morgan fingerprint density at radius 1 is 1.21 bits per heavy atom. The SMILES string of the molecule is COc1cccc(Sc2cccc(F)c2CCN)c1. The molecule has 100 valence electrons. The predicted molar refractivity (Wildman–Crippen MR) is 76.3 cm³/mol. The number of hydrogen-bond donors (Lipinski definition) is 1. The third-order valence-electron chi connectivity index (χ3n) is 2.74. The molecule has 2 N–H and O–H groups in total. The van der Waals surface area contributed by atoms with Crippen molar-refractivity contribution in [1.29, 1.82) is 0 Å². The first-order valence-electron chi connectivity index (χ1n) is 6.04. The number of halogens is 1. The van der Waals surface area contributed by atoms with Crippen LogP contribution in [-0.2, 0) is 6.42 Å². The molecule has 0 aromatic heterocycles. The van der Waals surface area contributed by atoms with Crippen molar-refractivity contribution in [2.45, 2.75) is 16.2 Å². The van der Waals surface area contributed by atoms with Crippen LogP contribution in [0.1, 0.15) is 5.56 Å². The normalized spacial score (nSPS) is 10.5. The lowest BCUT2D eigenvalue weighted by molar-refractivity contribution is 0.413. The predicted octanol–water partition coefficient (Wildman–Crippen LogP) is 3.49. The molecule has 0 fully saturated rings. The highest BCUT2D eigenvalue weighted by Gasteiger charge is 2.09. The van der Waals surface area contributed by atoms with Crippen LogP contribution < -0.4 is 10.5 Å². The van der Waals surface area contributed by atoms with Gasteiger partial charge in [0.25, 0.3) is 0 Å². The fourth-order valence-electron chi connectivity index (χ4n) is 1.81. The van der Waals surface area contributed by atoms with E-state index in [4.69, 9.17) is 10.5 Å². The summed E-state index contributed by atoms with van der Waals surface area (Å²) in [5.74, 6) is 0.597. The standard InChI is InChI=1S/C15H16FNOS/c1-18-11-4-2-5-12(10-11)19-15-7-3-6-14(16)13(15)8-9-17/h2-7,10H,8-9,17H2,1H3. The molecule has 0 aliphatic heterocycles. The second kappa shape index (κ2) is 6.59. The van der Waals surface area contributed by atoms with Crippen LogP contribution in [0.4, 0.5) is 4.39 Å². The Hall–Kier alpha value is -1.52. The summed E-state index contributed by atoms with van der Waals surface area (Å²) in [5, 5.41) is 0. The molecule has 4 heteroatoms. The third kappa shape index (κ3) is 3.49. The van der Waals surface area contributed by atoms with Gasteiger partial charge in [-0.25, -0.2) is 4.39 Å². The highest BCUT2D eigenvalue weighted by Crippen LogP contribution is 2.33. The van der Waals surface area contributed by atoms with Crippen LogP contribution in [0.5, 0.6) is 5.75 Å². The average Bonchev–Trinajstić information content (AvgIpc) is 2.43. The summed E-state index contributed by atoms with van der Waals surface area (Å²) in [6.07, 6.45) is 0.541. The van der Waals surface area contributed by atoms with Crippen LogP contribution in [-0.4, -0.2) is 13.7 Å². The third-order valence-corrected chi connectivity index (χ3v) is 3.83. The fourth-order valence-corrected chi connectivity index (χ4v) is 2.86. The van der Waals surface area contributed by atoms with Crippen molar-refractivity contribution in [1.82, 2.24) is 0 Å². The van der Waals surface area contributed by atoms with E-state index in [1.54, 1.807) is 13.2 Å². The molecule has 0 radical (unpaired) electrons. The lowest BCUT2D eigenvalue weighted by Gasteiger charge is -2.10. The van der Waals surface area contributed by atoms with E-state index in [2.05, 4.69) is 0 Å². The summed E-state index contributed by atoms with van der Waals surface area (Å²) >= 11 is 1.52. The van der Waals surface area contributed by atoms with E-state index in [0.717, 1.165) is 15.5 Å². The van der Waals surface area contributed by atoms with Crippen molar-refractivity contribution in [3.05, 3.63) is 53.8 Å². The van der Waals surface area contributed by atoms with Crippen molar-refractivity contribution in [3.63, 3.8) is 0 Å². The van der Waals surface area contributed by atoms with Crippen LogP contribution >= 0.6 is 11.8 Å². The van der Waals surface area contributed by atoms with Crippen molar-refractivity contribution in [2.24, 2.45) is 5.73 Å². The molecule has 0 saturated heterocycles. The number of hydrogen-bond acceptors (Lipinski definition) is 3. The Labute approximate surface area is 116 Å². The van der Waals surface area contributed by atoms with Gasteiger partial charge in [-0.05, 0) is 43.3 Å². The minimum atomic E-state index is -0.196. The Bertz CT molecular complexity index is 560. The summed E-state index contributed by atoms with van der Waals surface area (Å²) < 4.78 is 19.0. The summed E-state index contributed by atoms with van der Waals surface area (Å²) in [7, 11) is 1.63. The average molecular weight is 277 g/mol. The molecule has 0 aliphatic carbocycles. The van der Waals surface area contributed by atoms with Gasteiger partial charge in [0.15, 0.2) is 0 Å². The maximum atomic E-state index is 13.8. The molecule has 0 aliphatic rings. The Kier molecular flexibility index (Phi) is 4.82. The zero-order valence-electron chi connectivity index (χ0n) is 10.7. The lowest BCUT2D eigenvalue weighted by Crippen LogP contribution is -2.05. The first-order valence-corrected chi connectivity index (χ1v) is 6.85. The molecular weight excluding hydrogens is 261 g/mol. The van der Waals surface area contributed by atoms with E-state index >= 15 is 0 Å². The van der Waals surface area contributed by atoms with Crippen molar-refractivity contribution >= 4 is 11.8 Å². The second-order valence-corrected chi connectivity index (χ2v) is 5.15. The van der Waals surface area contributed by atoms with Gasteiger partial charge in [0.1, 0.15) is 11.6 Å². The summed E-state index contributed by atoms with van der Waals surface area (Å²) in [6.45, 7) is 0.437. The molecule has 0 heterocycles. The molecule has 0 atom stereocenters. The molecule has 0 unspecified atom stereocenters. The molecule has 0 amide bonds. The topological polar surface area (TPSA) is 35.2 Å². The van der Waals surface area contributed by atoms with Crippen LogP contribution in [0.3, 0.4) is 0 Å². The van der Waals surface area contributed by atoms with Gasteiger partial charge in [-0.1, -0.05) is 23.9 Å². The van der Waals surface area contributed by atoms with E-state index < -0.39 is 0 Å². The van der Waals surface area contributed by atoms with Gasteiger partial charge in [0, 0.05) is 15.4 Å². The minimum absolute atomic E-state index is 0.196. The highest BCUT2D eigenvalue weighted by atomic mass is 32.2.